The Bertz CT molecular complexity index is 353. The van der Waals surface area contributed by atoms with Crippen molar-refractivity contribution in [3.05, 3.63) is 18.0 Å². The SMILES string of the molecule is CN(Cc1cn[nH]c1)C(=O)CC1CCCCCC1. The number of rotatable bonds is 4. The van der Waals surface area contributed by atoms with Gasteiger partial charge in [-0.2, -0.15) is 5.10 Å². The summed E-state index contributed by atoms with van der Waals surface area (Å²) in [7, 11) is 1.88. The number of hydrogen-bond donors (Lipinski definition) is 1. The summed E-state index contributed by atoms with van der Waals surface area (Å²) in [5.41, 5.74) is 1.06. The monoisotopic (exact) mass is 249 g/mol. The fraction of sp³-hybridized carbons (Fsp3) is 0.714. The molecule has 1 amide bonds. The van der Waals surface area contributed by atoms with Crippen LogP contribution < -0.4 is 0 Å². The van der Waals surface area contributed by atoms with E-state index in [1.54, 1.807) is 6.20 Å². The summed E-state index contributed by atoms with van der Waals surface area (Å²) in [6.45, 7) is 0.655. The average molecular weight is 249 g/mol. The molecule has 0 atom stereocenters. The van der Waals surface area contributed by atoms with Gasteiger partial charge in [0.25, 0.3) is 0 Å². The van der Waals surface area contributed by atoms with Gasteiger partial charge in [0.1, 0.15) is 0 Å². The predicted molar refractivity (Wildman–Crippen MR) is 70.9 cm³/mol. The fourth-order valence-corrected chi connectivity index (χ4v) is 2.70. The number of aromatic nitrogens is 2. The van der Waals surface area contributed by atoms with Crippen molar-refractivity contribution >= 4 is 5.91 Å². The van der Waals surface area contributed by atoms with Crippen molar-refractivity contribution in [2.75, 3.05) is 7.05 Å². The molecule has 0 spiro atoms. The molecule has 1 aromatic heterocycles. The van der Waals surface area contributed by atoms with Gasteiger partial charge < -0.3 is 4.90 Å². The summed E-state index contributed by atoms with van der Waals surface area (Å²) in [5, 5.41) is 6.68. The molecule has 1 fully saturated rings. The van der Waals surface area contributed by atoms with Gasteiger partial charge in [0, 0.05) is 31.8 Å². The minimum atomic E-state index is 0.267. The van der Waals surface area contributed by atoms with E-state index < -0.39 is 0 Å². The van der Waals surface area contributed by atoms with Crippen LogP contribution in [0.2, 0.25) is 0 Å². The van der Waals surface area contributed by atoms with Crippen molar-refractivity contribution in [3.8, 4) is 0 Å². The molecule has 1 saturated carbocycles. The lowest BCUT2D eigenvalue weighted by atomic mass is 9.96. The van der Waals surface area contributed by atoms with Crippen LogP contribution in [0.25, 0.3) is 0 Å². The summed E-state index contributed by atoms with van der Waals surface area (Å²) in [6, 6.07) is 0. The quantitative estimate of drug-likeness (QED) is 0.834. The Labute approximate surface area is 109 Å². The van der Waals surface area contributed by atoms with Crippen LogP contribution in [-0.4, -0.2) is 28.1 Å². The van der Waals surface area contributed by atoms with Crippen LogP contribution in [0.1, 0.15) is 50.5 Å². The Kier molecular flexibility index (Phi) is 4.79. The first-order valence-corrected chi connectivity index (χ1v) is 6.97. The molecule has 1 aromatic rings. The second-order valence-electron chi connectivity index (χ2n) is 5.42. The maximum Gasteiger partial charge on any atom is 0.222 e. The third-order valence-electron chi connectivity index (χ3n) is 3.84. The Hall–Kier alpha value is -1.32. The Morgan fingerprint density at radius 1 is 1.39 bits per heavy atom. The lowest BCUT2D eigenvalue weighted by Crippen LogP contribution is -2.27. The first kappa shape index (κ1) is 13.1. The second-order valence-corrected chi connectivity index (χ2v) is 5.42. The summed E-state index contributed by atoms with van der Waals surface area (Å²) >= 11 is 0. The van der Waals surface area contributed by atoms with Gasteiger partial charge in [0.15, 0.2) is 0 Å². The van der Waals surface area contributed by atoms with Crippen molar-refractivity contribution in [3.63, 3.8) is 0 Å². The van der Waals surface area contributed by atoms with Crippen LogP contribution in [0.3, 0.4) is 0 Å². The molecule has 0 aromatic carbocycles. The van der Waals surface area contributed by atoms with Gasteiger partial charge in [0.05, 0.1) is 6.20 Å². The number of amides is 1. The molecule has 0 saturated heterocycles. The Morgan fingerprint density at radius 2 is 2.11 bits per heavy atom. The topological polar surface area (TPSA) is 49.0 Å². The lowest BCUT2D eigenvalue weighted by Gasteiger charge is -2.20. The zero-order valence-corrected chi connectivity index (χ0v) is 11.2. The van der Waals surface area contributed by atoms with Crippen molar-refractivity contribution in [1.29, 1.82) is 0 Å². The van der Waals surface area contributed by atoms with Gasteiger partial charge in [-0.3, -0.25) is 9.89 Å². The molecule has 0 unspecified atom stereocenters. The van der Waals surface area contributed by atoms with E-state index in [9.17, 15) is 4.79 Å². The average Bonchev–Trinajstić information content (AvgIpc) is 2.72. The molecule has 1 aliphatic rings. The summed E-state index contributed by atoms with van der Waals surface area (Å²) < 4.78 is 0. The van der Waals surface area contributed by atoms with Gasteiger partial charge in [-0.05, 0) is 18.8 Å². The highest BCUT2D eigenvalue weighted by Crippen LogP contribution is 2.25. The van der Waals surface area contributed by atoms with E-state index >= 15 is 0 Å². The number of carbonyl (C=O) groups is 1. The predicted octanol–water partition coefficient (Wildman–Crippen LogP) is 2.73. The normalized spacial score (nSPS) is 17.4. The third kappa shape index (κ3) is 3.86. The minimum absolute atomic E-state index is 0.267. The Morgan fingerprint density at radius 3 is 2.72 bits per heavy atom. The molecule has 18 heavy (non-hydrogen) atoms. The van der Waals surface area contributed by atoms with Gasteiger partial charge in [-0.15, -0.1) is 0 Å². The van der Waals surface area contributed by atoms with Crippen LogP contribution >= 0.6 is 0 Å². The molecule has 4 heteroatoms. The highest BCUT2D eigenvalue weighted by atomic mass is 16.2. The second kappa shape index (κ2) is 6.57. The van der Waals surface area contributed by atoms with Crippen LogP contribution in [-0.2, 0) is 11.3 Å². The number of H-pyrrole nitrogens is 1. The lowest BCUT2D eigenvalue weighted by molar-refractivity contribution is -0.131. The minimum Gasteiger partial charge on any atom is -0.341 e. The van der Waals surface area contributed by atoms with Crippen molar-refractivity contribution < 1.29 is 4.79 Å². The van der Waals surface area contributed by atoms with Gasteiger partial charge >= 0.3 is 0 Å². The van der Waals surface area contributed by atoms with E-state index in [4.69, 9.17) is 0 Å². The maximum atomic E-state index is 12.1. The van der Waals surface area contributed by atoms with Crippen molar-refractivity contribution in [1.82, 2.24) is 15.1 Å². The maximum absolute atomic E-state index is 12.1. The van der Waals surface area contributed by atoms with Crippen molar-refractivity contribution in [2.24, 2.45) is 5.92 Å². The highest BCUT2D eigenvalue weighted by molar-refractivity contribution is 5.76. The Balaban J connectivity index is 1.79. The molecule has 0 radical (unpaired) electrons. The van der Waals surface area contributed by atoms with E-state index in [0.717, 1.165) is 5.56 Å². The molecule has 1 heterocycles. The standard InChI is InChI=1S/C14H23N3O/c1-17(11-13-9-15-16-10-13)14(18)8-12-6-4-2-3-5-7-12/h9-10,12H,2-8,11H2,1H3,(H,15,16). The van der Waals surface area contributed by atoms with Gasteiger partial charge in [-0.1, -0.05) is 25.7 Å². The molecule has 1 N–H and O–H groups in total. The van der Waals surface area contributed by atoms with Gasteiger partial charge in [-0.25, -0.2) is 0 Å². The number of nitrogens with one attached hydrogen (secondary N) is 1. The largest absolute Gasteiger partial charge is 0.341 e. The first-order chi connectivity index (χ1) is 8.75. The molecule has 2 rings (SSSR count). The molecular weight excluding hydrogens is 226 g/mol. The number of hydrogen-bond acceptors (Lipinski definition) is 2. The first-order valence-electron chi connectivity index (χ1n) is 6.97. The molecule has 4 nitrogen and oxygen atoms in total. The van der Waals surface area contributed by atoms with Crippen LogP contribution in [0.5, 0.6) is 0 Å². The summed E-state index contributed by atoms with van der Waals surface area (Å²) in [5.74, 6) is 0.870. The van der Waals surface area contributed by atoms with E-state index in [1.807, 2.05) is 18.1 Å². The van der Waals surface area contributed by atoms with Crippen LogP contribution in [0.15, 0.2) is 12.4 Å². The summed E-state index contributed by atoms with van der Waals surface area (Å²) in [4.78, 5) is 14.0. The highest BCUT2D eigenvalue weighted by Gasteiger charge is 2.18. The van der Waals surface area contributed by atoms with Crippen molar-refractivity contribution in [2.45, 2.75) is 51.5 Å². The summed E-state index contributed by atoms with van der Waals surface area (Å²) in [6.07, 6.45) is 12.1. The van der Waals surface area contributed by atoms with Gasteiger partial charge in [0.2, 0.25) is 5.91 Å². The van der Waals surface area contributed by atoms with E-state index in [0.29, 0.717) is 18.9 Å². The molecule has 100 valence electrons. The smallest absolute Gasteiger partial charge is 0.222 e. The van der Waals surface area contributed by atoms with E-state index in [2.05, 4.69) is 10.2 Å². The van der Waals surface area contributed by atoms with E-state index in [1.165, 1.54) is 38.5 Å². The van der Waals surface area contributed by atoms with Crippen LogP contribution in [0.4, 0.5) is 0 Å². The molecule has 0 bridgehead atoms. The van der Waals surface area contributed by atoms with E-state index in [-0.39, 0.29) is 5.91 Å². The molecular formula is C14H23N3O. The third-order valence-corrected chi connectivity index (χ3v) is 3.84. The fourth-order valence-electron chi connectivity index (χ4n) is 2.70. The molecule has 1 aliphatic carbocycles. The number of aromatic amines is 1. The number of nitrogens with zero attached hydrogens (tertiary/aromatic N) is 2. The zero-order valence-electron chi connectivity index (χ0n) is 11.2. The number of carbonyl (C=O) groups excluding carboxylic acids is 1. The van der Waals surface area contributed by atoms with Crippen LogP contribution in [0, 0.1) is 5.92 Å². The molecule has 0 aliphatic heterocycles. The zero-order chi connectivity index (χ0) is 12.8.